The summed E-state index contributed by atoms with van der Waals surface area (Å²) in [5.41, 5.74) is -0.510. The zero-order valence-corrected chi connectivity index (χ0v) is 9.25. The quantitative estimate of drug-likeness (QED) is 0.736. The molecule has 0 saturated carbocycles. The third kappa shape index (κ3) is 2.27. The molecule has 1 fully saturated rings. The van der Waals surface area contributed by atoms with E-state index in [0.29, 0.717) is 0 Å². The van der Waals surface area contributed by atoms with Crippen LogP contribution in [0.15, 0.2) is 0 Å². The third-order valence-corrected chi connectivity index (χ3v) is 3.53. The number of hydrogen-bond donors (Lipinski definition) is 1. The Morgan fingerprint density at radius 3 is 2.14 bits per heavy atom. The minimum absolute atomic E-state index is 0.510. The summed E-state index contributed by atoms with van der Waals surface area (Å²) in [6.45, 7) is 6.85. The fourth-order valence-corrected chi connectivity index (χ4v) is 2.21. The van der Waals surface area contributed by atoms with Crippen molar-refractivity contribution >= 4 is 5.97 Å². The van der Waals surface area contributed by atoms with Gasteiger partial charge in [0.25, 0.3) is 0 Å². The van der Waals surface area contributed by atoms with Crippen molar-refractivity contribution in [2.45, 2.75) is 39.5 Å². The highest BCUT2D eigenvalue weighted by atomic mass is 16.4. The van der Waals surface area contributed by atoms with Crippen LogP contribution in [-0.4, -0.2) is 35.6 Å². The molecule has 14 heavy (non-hydrogen) atoms. The van der Waals surface area contributed by atoms with Crippen molar-refractivity contribution in [3.05, 3.63) is 0 Å². The number of carboxylic acids is 1. The van der Waals surface area contributed by atoms with Gasteiger partial charge >= 0.3 is 5.97 Å². The van der Waals surface area contributed by atoms with E-state index in [1.54, 1.807) is 0 Å². The van der Waals surface area contributed by atoms with Crippen LogP contribution in [0.25, 0.3) is 0 Å². The summed E-state index contributed by atoms with van der Waals surface area (Å²) < 4.78 is 0. The zero-order chi connectivity index (χ0) is 10.6. The van der Waals surface area contributed by atoms with Crippen molar-refractivity contribution in [3.8, 4) is 0 Å². The van der Waals surface area contributed by atoms with Gasteiger partial charge in [0.2, 0.25) is 0 Å². The van der Waals surface area contributed by atoms with Gasteiger partial charge < -0.3 is 10.0 Å². The minimum Gasteiger partial charge on any atom is -0.481 e. The van der Waals surface area contributed by atoms with E-state index in [9.17, 15) is 9.90 Å². The molecule has 0 aromatic rings. The largest absolute Gasteiger partial charge is 0.481 e. The molecule has 1 rings (SSSR count). The standard InChI is InChI=1S/C11H21NO2/c1-3-11(4-2,10(13)14)9-12-7-5-6-8-12/h3-9H2,1-2H3,(H,13,14). The lowest BCUT2D eigenvalue weighted by atomic mass is 9.82. The van der Waals surface area contributed by atoms with Crippen LogP contribution in [0.1, 0.15) is 39.5 Å². The van der Waals surface area contributed by atoms with Gasteiger partial charge in [-0.15, -0.1) is 0 Å². The topological polar surface area (TPSA) is 40.5 Å². The average molecular weight is 199 g/mol. The molecule has 0 unspecified atom stereocenters. The molecule has 0 bridgehead atoms. The molecule has 1 saturated heterocycles. The highest BCUT2D eigenvalue weighted by molar-refractivity contribution is 5.74. The van der Waals surface area contributed by atoms with Crippen LogP contribution in [0.2, 0.25) is 0 Å². The second-order valence-electron chi connectivity index (χ2n) is 4.28. The Kier molecular flexibility index (Phi) is 3.93. The summed E-state index contributed by atoms with van der Waals surface area (Å²) >= 11 is 0. The number of likely N-dealkylation sites (tertiary alicyclic amines) is 1. The van der Waals surface area contributed by atoms with Crippen molar-refractivity contribution in [3.63, 3.8) is 0 Å². The average Bonchev–Trinajstić information content (AvgIpc) is 2.66. The summed E-state index contributed by atoms with van der Waals surface area (Å²) in [4.78, 5) is 13.5. The van der Waals surface area contributed by atoms with Crippen LogP contribution in [0, 0.1) is 5.41 Å². The zero-order valence-electron chi connectivity index (χ0n) is 9.25. The first kappa shape index (κ1) is 11.5. The number of nitrogens with zero attached hydrogens (tertiary/aromatic N) is 1. The maximum Gasteiger partial charge on any atom is 0.310 e. The summed E-state index contributed by atoms with van der Waals surface area (Å²) in [5, 5.41) is 9.26. The first-order chi connectivity index (χ1) is 6.64. The number of aliphatic carboxylic acids is 1. The maximum atomic E-state index is 11.2. The Balaban J connectivity index is 2.61. The molecule has 0 aromatic heterocycles. The van der Waals surface area contributed by atoms with Crippen molar-refractivity contribution in [2.24, 2.45) is 5.41 Å². The SMILES string of the molecule is CCC(CC)(CN1CCCC1)C(=O)O. The number of hydrogen-bond acceptors (Lipinski definition) is 2. The lowest BCUT2D eigenvalue weighted by Gasteiger charge is -2.31. The second-order valence-corrected chi connectivity index (χ2v) is 4.28. The van der Waals surface area contributed by atoms with Gasteiger partial charge in [0.1, 0.15) is 0 Å². The van der Waals surface area contributed by atoms with Crippen molar-refractivity contribution in [1.29, 1.82) is 0 Å². The van der Waals surface area contributed by atoms with Crippen molar-refractivity contribution in [2.75, 3.05) is 19.6 Å². The Bertz CT molecular complexity index is 193. The van der Waals surface area contributed by atoms with Crippen LogP contribution in [0.4, 0.5) is 0 Å². The van der Waals surface area contributed by atoms with E-state index in [0.717, 1.165) is 32.5 Å². The van der Waals surface area contributed by atoms with Crippen molar-refractivity contribution < 1.29 is 9.90 Å². The van der Waals surface area contributed by atoms with Crippen LogP contribution < -0.4 is 0 Å². The van der Waals surface area contributed by atoms with E-state index in [-0.39, 0.29) is 0 Å². The molecule has 0 aromatic carbocycles. The summed E-state index contributed by atoms with van der Waals surface area (Å²) in [6, 6.07) is 0. The van der Waals surface area contributed by atoms with Gasteiger partial charge in [0.15, 0.2) is 0 Å². The van der Waals surface area contributed by atoms with Gasteiger partial charge in [0.05, 0.1) is 5.41 Å². The van der Waals surface area contributed by atoms with E-state index in [2.05, 4.69) is 4.90 Å². The van der Waals surface area contributed by atoms with Crippen LogP contribution in [0.3, 0.4) is 0 Å². The Hall–Kier alpha value is -0.570. The van der Waals surface area contributed by atoms with E-state index in [1.165, 1.54) is 12.8 Å². The molecule has 3 nitrogen and oxygen atoms in total. The highest BCUT2D eigenvalue weighted by Crippen LogP contribution is 2.29. The van der Waals surface area contributed by atoms with Crippen LogP contribution >= 0.6 is 0 Å². The Morgan fingerprint density at radius 2 is 1.79 bits per heavy atom. The van der Waals surface area contributed by atoms with E-state index < -0.39 is 11.4 Å². The Morgan fingerprint density at radius 1 is 1.29 bits per heavy atom. The smallest absolute Gasteiger partial charge is 0.310 e. The monoisotopic (exact) mass is 199 g/mol. The molecule has 0 spiro atoms. The number of carbonyl (C=O) groups is 1. The molecule has 1 aliphatic heterocycles. The molecular weight excluding hydrogens is 178 g/mol. The van der Waals surface area contributed by atoms with Gasteiger partial charge in [-0.2, -0.15) is 0 Å². The fraction of sp³-hybridized carbons (Fsp3) is 0.909. The molecule has 0 aliphatic carbocycles. The summed E-state index contributed by atoms with van der Waals surface area (Å²) in [6.07, 6.45) is 3.91. The van der Waals surface area contributed by atoms with E-state index >= 15 is 0 Å². The molecule has 1 N–H and O–H groups in total. The third-order valence-electron chi connectivity index (χ3n) is 3.53. The normalized spacial score (nSPS) is 18.7. The molecule has 0 amide bonds. The molecule has 1 aliphatic rings. The van der Waals surface area contributed by atoms with Crippen LogP contribution in [0.5, 0.6) is 0 Å². The maximum absolute atomic E-state index is 11.2. The highest BCUT2D eigenvalue weighted by Gasteiger charge is 2.37. The number of carboxylic acid groups (broad SMARTS) is 1. The van der Waals surface area contributed by atoms with E-state index in [4.69, 9.17) is 0 Å². The lowest BCUT2D eigenvalue weighted by Crippen LogP contribution is -2.41. The summed E-state index contributed by atoms with van der Waals surface area (Å²) in [7, 11) is 0. The van der Waals surface area contributed by atoms with Gasteiger partial charge in [-0.3, -0.25) is 4.79 Å². The molecule has 3 heteroatoms. The van der Waals surface area contributed by atoms with Gasteiger partial charge in [-0.25, -0.2) is 0 Å². The predicted octanol–water partition coefficient (Wildman–Crippen LogP) is 1.97. The first-order valence-corrected chi connectivity index (χ1v) is 5.60. The predicted molar refractivity (Wildman–Crippen MR) is 56.3 cm³/mol. The molecule has 0 atom stereocenters. The molecule has 1 heterocycles. The van der Waals surface area contributed by atoms with Crippen molar-refractivity contribution in [1.82, 2.24) is 4.90 Å². The number of rotatable bonds is 5. The molecule has 82 valence electrons. The lowest BCUT2D eigenvalue weighted by molar-refractivity contribution is -0.150. The minimum atomic E-state index is -0.630. The molecular formula is C11H21NO2. The summed E-state index contributed by atoms with van der Waals surface area (Å²) in [5.74, 6) is -0.630. The van der Waals surface area contributed by atoms with Gasteiger partial charge in [-0.05, 0) is 38.8 Å². The van der Waals surface area contributed by atoms with Crippen LogP contribution in [-0.2, 0) is 4.79 Å². The Labute approximate surface area is 86.1 Å². The molecule has 0 radical (unpaired) electrons. The first-order valence-electron chi connectivity index (χ1n) is 5.60. The second kappa shape index (κ2) is 4.78. The van der Waals surface area contributed by atoms with Gasteiger partial charge in [0, 0.05) is 6.54 Å². The van der Waals surface area contributed by atoms with Gasteiger partial charge in [-0.1, -0.05) is 13.8 Å². The fourth-order valence-electron chi connectivity index (χ4n) is 2.21. The van der Waals surface area contributed by atoms with E-state index in [1.807, 2.05) is 13.8 Å².